The predicted molar refractivity (Wildman–Crippen MR) is 61.0 cm³/mol. The fraction of sp³-hybridized carbons (Fsp3) is 0.300. The highest BCUT2D eigenvalue weighted by Gasteiger charge is 2.37. The van der Waals surface area contributed by atoms with Crippen molar-refractivity contribution < 1.29 is 12.8 Å². The fourth-order valence-corrected chi connectivity index (χ4v) is 2.81. The number of nitrogens with zero attached hydrogens (tertiary/aromatic N) is 1. The minimum atomic E-state index is -4.01. The lowest BCUT2D eigenvalue weighted by molar-refractivity contribution is 0.551. The minimum Gasteiger partial charge on any atom is -0.222 e. The molecule has 1 aromatic carbocycles. The molecule has 0 radical (unpaired) electrons. The van der Waals surface area contributed by atoms with Crippen molar-refractivity contribution in [3.8, 4) is 6.07 Å². The minimum absolute atomic E-state index is 0.446. The molecular formula is C10H9BrFNO2S. The first-order chi connectivity index (χ1) is 7.22. The van der Waals surface area contributed by atoms with Crippen LogP contribution in [0.1, 0.15) is 13.8 Å². The van der Waals surface area contributed by atoms with Crippen LogP contribution in [0.5, 0.6) is 0 Å². The van der Waals surface area contributed by atoms with Gasteiger partial charge in [0.15, 0.2) is 14.6 Å². The third-order valence-electron chi connectivity index (χ3n) is 2.12. The third kappa shape index (κ3) is 2.11. The molecule has 0 amide bonds. The van der Waals surface area contributed by atoms with Crippen LogP contribution in [-0.4, -0.2) is 13.2 Å². The topological polar surface area (TPSA) is 57.9 Å². The van der Waals surface area contributed by atoms with E-state index < -0.39 is 25.3 Å². The molecule has 0 aromatic heterocycles. The van der Waals surface area contributed by atoms with Gasteiger partial charge in [-0.25, -0.2) is 12.8 Å². The van der Waals surface area contributed by atoms with Gasteiger partial charge in [-0.3, -0.25) is 0 Å². The van der Waals surface area contributed by atoms with Gasteiger partial charge < -0.3 is 0 Å². The molecule has 0 N–H and O–H groups in total. The van der Waals surface area contributed by atoms with E-state index in [1.807, 2.05) is 0 Å². The van der Waals surface area contributed by atoms with E-state index >= 15 is 0 Å². The lowest BCUT2D eigenvalue weighted by Crippen LogP contribution is -2.30. The summed E-state index contributed by atoms with van der Waals surface area (Å²) in [6.07, 6.45) is 0. The van der Waals surface area contributed by atoms with Gasteiger partial charge in [-0.05, 0) is 32.0 Å². The Morgan fingerprint density at radius 3 is 2.50 bits per heavy atom. The first-order valence-electron chi connectivity index (χ1n) is 4.33. The van der Waals surface area contributed by atoms with Gasteiger partial charge in [0, 0.05) is 4.47 Å². The molecular weight excluding hydrogens is 297 g/mol. The molecule has 1 rings (SSSR count). The van der Waals surface area contributed by atoms with Crippen molar-refractivity contribution in [2.24, 2.45) is 0 Å². The summed E-state index contributed by atoms with van der Waals surface area (Å²) in [4.78, 5) is -0.464. The van der Waals surface area contributed by atoms with E-state index in [0.717, 1.165) is 12.1 Å². The zero-order valence-corrected chi connectivity index (χ0v) is 11.1. The van der Waals surface area contributed by atoms with Gasteiger partial charge in [-0.2, -0.15) is 5.26 Å². The number of hydrogen-bond donors (Lipinski definition) is 0. The molecule has 86 valence electrons. The Balaban J connectivity index is 3.52. The third-order valence-corrected chi connectivity index (χ3v) is 4.94. The highest BCUT2D eigenvalue weighted by Crippen LogP contribution is 2.28. The molecule has 16 heavy (non-hydrogen) atoms. The molecule has 0 aliphatic heterocycles. The average Bonchev–Trinajstić information content (AvgIpc) is 2.21. The molecule has 0 bridgehead atoms. The second kappa shape index (κ2) is 4.15. The van der Waals surface area contributed by atoms with Crippen LogP contribution in [0, 0.1) is 17.1 Å². The maximum absolute atomic E-state index is 13.4. The van der Waals surface area contributed by atoms with Crippen molar-refractivity contribution in [3.63, 3.8) is 0 Å². The number of hydrogen-bond acceptors (Lipinski definition) is 3. The van der Waals surface area contributed by atoms with E-state index in [4.69, 9.17) is 5.26 Å². The summed E-state index contributed by atoms with van der Waals surface area (Å²) in [7, 11) is -4.01. The Hall–Kier alpha value is -0.930. The van der Waals surface area contributed by atoms with E-state index in [9.17, 15) is 12.8 Å². The molecule has 0 spiro atoms. The van der Waals surface area contributed by atoms with Crippen molar-refractivity contribution in [2.75, 3.05) is 0 Å². The summed E-state index contributed by atoms with van der Waals surface area (Å²) in [6, 6.07) is 5.26. The number of halogens is 2. The van der Waals surface area contributed by atoms with Crippen LogP contribution in [0.15, 0.2) is 27.6 Å². The standard InChI is InChI=1S/C10H9BrFNO2S/c1-10(2,6-13)16(14,15)9-5-7(11)3-4-8(9)12/h3-5H,1-2H3. The molecule has 6 heteroatoms. The fourth-order valence-electron chi connectivity index (χ4n) is 1.02. The Morgan fingerprint density at radius 1 is 1.44 bits per heavy atom. The zero-order valence-electron chi connectivity index (χ0n) is 8.66. The number of benzene rings is 1. The SMILES string of the molecule is CC(C)(C#N)S(=O)(=O)c1cc(Br)ccc1F. The smallest absolute Gasteiger partial charge is 0.199 e. The summed E-state index contributed by atoms with van der Waals surface area (Å²) in [5.41, 5.74) is 0. The van der Waals surface area contributed by atoms with E-state index in [-0.39, 0.29) is 0 Å². The molecule has 0 fully saturated rings. The Labute approximate surface area is 102 Å². The van der Waals surface area contributed by atoms with Crippen LogP contribution in [0.3, 0.4) is 0 Å². The van der Waals surface area contributed by atoms with Gasteiger partial charge in [0.1, 0.15) is 10.7 Å². The molecule has 0 heterocycles. The van der Waals surface area contributed by atoms with Crippen molar-refractivity contribution in [2.45, 2.75) is 23.5 Å². The Morgan fingerprint density at radius 2 is 2.00 bits per heavy atom. The summed E-state index contributed by atoms with van der Waals surface area (Å²) in [5.74, 6) is -0.855. The zero-order chi connectivity index (χ0) is 12.6. The van der Waals surface area contributed by atoms with Crippen LogP contribution in [0.2, 0.25) is 0 Å². The van der Waals surface area contributed by atoms with Gasteiger partial charge in [0.05, 0.1) is 6.07 Å². The Bertz CT molecular complexity index is 561. The highest BCUT2D eigenvalue weighted by atomic mass is 79.9. The van der Waals surface area contributed by atoms with E-state index in [1.165, 1.54) is 19.9 Å². The Kier molecular flexibility index (Phi) is 3.41. The van der Waals surface area contributed by atoms with Crippen LogP contribution < -0.4 is 0 Å². The normalized spacial score (nSPS) is 12.2. The number of rotatable bonds is 2. The van der Waals surface area contributed by atoms with E-state index in [1.54, 1.807) is 6.07 Å². The largest absolute Gasteiger partial charge is 0.222 e. The van der Waals surface area contributed by atoms with Gasteiger partial charge in [0.25, 0.3) is 0 Å². The van der Waals surface area contributed by atoms with Crippen molar-refractivity contribution in [3.05, 3.63) is 28.5 Å². The van der Waals surface area contributed by atoms with E-state index in [0.29, 0.717) is 4.47 Å². The first-order valence-corrected chi connectivity index (χ1v) is 6.61. The molecule has 1 aromatic rings. The van der Waals surface area contributed by atoms with Crippen LogP contribution in [-0.2, 0) is 9.84 Å². The quantitative estimate of drug-likeness (QED) is 0.844. The van der Waals surface area contributed by atoms with Gasteiger partial charge in [0.2, 0.25) is 0 Å². The maximum atomic E-state index is 13.4. The highest BCUT2D eigenvalue weighted by molar-refractivity contribution is 9.10. The first kappa shape index (κ1) is 13.1. The maximum Gasteiger partial charge on any atom is 0.199 e. The second-order valence-electron chi connectivity index (χ2n) is 3.70. The second-order valence-corrected chi connectivity index (χ2v) is 7.08. The van der Waals surface area contributed by atoms with Gasteiger partial charge >= 0.3 is 0 Å². The lowest BCUT2D eigenvalue weighted by Gasteiger charge is -2.16. The molecule has 3 nitrogen and oxygen atoms in total. The molecule has 0 saturated carbocycles. The van der Waals surface area contributed by atoms with Crippen LogP contribution >= 0.6 is 15.9 Å². The van der Waals surface area contributed by atoms with Crippen molar-refractivity contribution >= 4 is 25.8 Å². The molecule has 0 atom stereocenters. The molecule has 0 aliphatic rings. The molecule has 0 unspecified atom stereocenters. The summed E-state index contributed by atoms with van der Waals surface area (Å²) < 4.78 is 36.2. The predicted octanol–water partition coefficient (Wildman–Crippen LogP) is 2.66. The summed E-state index contributed by atoms with van der Waals surface area (Å²) >= 11 is 3.06. The van der Waals surface area contributed by atoms with E-state index in [2.05, 4.69) is 15.9 Å². The van der Waals surface area contributed by atoms with Gasteiger partial charge in [-0.15, -0.1) is 0 Å². The number of nitriles is 1. The molecule has 0 saturated heterocycles. The van der Waals surface area contributed by atoms with Crippen molar-refractivity contribution in [1.82, 2.24) is 0 Å². The average molecular weight is 306 g/mol. The number of sulfone groups is 1. The summed E-state index contributed by atoms with van der Waals surface area (Å²) in [6.45, 7) is 2.48. The monoisotopic (exact) mass is 305 g/mol. The van der Waals surface area contributed by atoms with Crippen LogP contribution in [0.25, 0.3) is 0 Å². The summed E-state index contributed by atoms with van der Waals surface area (Å²) in [5, 5.41) is 8.79. The lowest BCUT2D eigenvalue weighted by atomic mass is 10.2. The van der Waals surface area contributed by atoms with Crippen molar-refractivity contribution in [1.29, 1.82) is 5.26 Å². The molecule has 0 aliphatic carbocycles. The van der Waals surface area contributed by atoms with Gasteiger partial charge in [-0.1, -0.05) is 15.9 Å². The van der Waals surface area contributed by atoms with Crippen LogP contribution in [0.4, 0.5) is 4.39 Å².